The lowest BCUT2D eigenvalue weighted by Crippen LogP contribution is -1.66. The van der Waals surface area contributed by atoms with E-state index in [0.717, 1.165) is 0 Å². The van der Waals surface area contributed by atoms with Crippen molar-refractivity contribution in [3.8, 4) is 0 Å². The molecule has 0 N–H and O–H groups in total. The molecule has 0 saturated carbocycles. The molecule has 0 spiro atoms. The Labute approximate surface area is 74.9 Å². The summed E-state index contributed by atoms with van der Waals surface area (Å²) in [6, 6.07) is 0. The van der Waals surface area contributed by atoms with Gasteiger partial charge in [-0.1, -0.05) is 39.5 Å². The van der Waals surface area contributed by atoms with Crippen LogP contribution in [0.25, 0.3) is 0 Å². The molecule has 0 aliphatic rings. The summed E-state index contributed by atoms with van der Waals surface area (Å²) >= 11 is 10.1. The average molecular weight is 185 g/mol. The summed E-state index contributed by atoms with van der Waals surface area (Å²) in [5.41, 5.74) is 0. The van der Waals surface area contributed by atoms with E-state index in [1.807, 2.05) is 0 Å². The van der Waals surface area contributed by atoms with E-state index in [2.05, 4.69) is 13.8 Å². The van der Waals surface area contributed by atoms with E-state index in [4.69, 9.17) is 23.2 Å². The highest BCUT2D eigenvalue weighted by Crippen LogP contribution is 1.95. The number of hydrogen-bond donors (Lipinski definition) is 0. The number of hydrogen-bond acceptors (Lipinski definition) is 0. The van der Waals surface area contributed by atoms with Gasteiger partial charge in [0.15, 0.2) is 0 Å². The molecule has 0 rings (SSSR count). The van der Waals surface area contributed by atoms with E-state index in [0.29, 0.717) is 11.8 Å². The molecule has 0 amide bonds. The molecule has 0 aliphatic carbocycles. The van der Waals surface area contributed by atoms with Crippen LogP contribution in [0.5, 0.6) is 0 Å². The molecule has 0 aromatic heterocycles. The van der Waals surface area contributed by atoms with Crippen molar-refractivity contribution in [2.75, 3.05) is 11.8 Å². The van der Waals surface area contributed by atoms with Gasteiger partial charge in [0.1, 0.15) is 0 Å². The predicted octanol–water partition coefficient (Wildman–Crippen LogP) is 4.05. The summed E-state index contributed by atoms with van der Waals surface area (Å²) in [5.74, 6) is 1.11. The summed E-state index contributed by atoms with van der Waals surface area (Å²) in [6.07, 6.45) is 5.54. The Bertz CT molecular complexity index is 32.2. The second-order valence-corrected chi connectivity index (χ2v) is 2.84. The van der Waals surface area contributed by atoms with Gasteiger partial charge in [0.2, 0.25) is 0 Å². The molecule has 0 atom stereocenters. The van der Waals surface area contributed by atoms with Crippen LogP contribution >= 0.6 is 23.2 Å². The van der Waals surface area contributed by atoms with Crippen molar-refractivity contribution >= 4 is 23.2 Å². The number of unbranched alkanes of at least 4 members (excludes halogenated alkanes) is 3. The lowest BCUT2D eigenvalue weighted by Gasteiger charge is -1.86. The third kappa shape index (κ3) is 23.5. The van der Waals surface area contributed by atoms with Crippen LogP contribution in [0.1, 0.15) is 39.5 Å². The molecule has 10 heavy (non-hydrogen) atoms. The zero-order valence-electron chi connectivity index (χ0n) is 7.00. The Morgan fingerprint density at radius 3 is 1.20 bits per heavy atom. The molecule has 0 aromatic rings. The van der Waals surface area contributed by atoms with E-state index < -0.39 is 0 Å². The van der Waals surface area contributed by atoms with Gasteiger partial charge in [-0.3, -0.25) is 0 Å². The highest BCUT2D eigenvalue weighted by Gasteiger charge is 1.75. The quantitative estimate of drug-likeness (QED) is 0.457. The average Bonchev–Trinajstić information content (AvgIpc) is 2.01. The van der Waals surface area contributed by atoms with Crippen LogP contribution in [-0.2, 0) is 0 Å². The standard InChI is InChI=1S/C6H14.C2H4Cl2/c1-3-5-6-4-2;3-1-2-4/h3-6H2,1-2H3;1-2H2. The van der Waals surface area contributed by atoms with Crippen molar-refractivity contribution < 1.29 is 0 Å². The van der Waals surface area contributed by atoms with Gasteiger partial charge in [0.05, 0.1) is 0 Å². The SMILES string of the molecule is CCCCCC.ClCCCl. The summed E-state index contributed by atoms with van der Waals surface area (Å²) in [7, 11) is 0. The van der Waals surface area contributed by atoms with Crippen LogP contribution in [0, 0.1) is 0 Å². The maximum Gasteiger partial charge on any atom is 0.0359 e. The van der Waals surface area contributed by atoms with Crippen molar-refractivity contribution in [3.63, 3.8) is 0 Å². The molecule has 0 radical (unpaired) electrons. The molecule has 0 fully saturated rings. The van der Waals surface area contributed by atoms with Gasteiger partial charge < -0.3 is 0 Å². The monoisotopic (exact) mass is 184 g/mol. The van der Waals surface area contributed by atoms with Gasteiger partial charge in [-0.05, 0) is 0 Å². The van der Waals surface area contributed by atoms with Gasteiger partial charge in [0.25, 0.3) is 0 Å². The first kappa shape index (κ1) is 13.2. The zero-order chi connectivity index (χ0) is 8.24. The molecule has 0 aliphatic heterocycles. The fourth-order valence-corrected chi connectivity index (χ4v) is 0.500. The van der Waals surface area contributed by atoms with Crippen LogP contribution < -0.4 is 0 Å². The lowest BCUT2D eigenvalue weighted by atomic mass is 10.2. The second kappa shape index (κ2) is 16.3. The third-order valence-corrected chi connectivity index (χ3v) is 1.60. The van der Waals surface area contributed by atoms with E-state index in [9.17, 15) is 0 Å². The lowest BCUT2D eigenvalue weighted by molar-refractivity contribution is 0.702. The maximum atomic E-state index is 5.05. The second-order valence-electron chi connectivity index (χ2n) is 2.09. The Kier molecular flexibility index (Phi) is 21.5. The molecule has 2 heteroatoms. The van der Waals surface area contributed by atoms with Crippen LogP contribution in [0.3, 0.4) is 0 Å². The minimum Gasteiger partial charge on any atom is -0.125 e. The van der Waals surface area contributed by atoms with E-state index in [1.165, 1.54) is 25.7 Å². The predicted molar refractivity (Wildman–Crippen MR) is 51.3 cm³/mol. The Hall–Kier alpha value is 0.580. The third-order valence-electron chi connectivity index (χ3n) is 1.03. The molecule has 0 saturated heterocycles. The summed E-state index contributed by atoms with van der Waals surface area (Å²) in [5, 5.41) is 0. The Balaban J connectivity index is 0. The molecule has 0 aromatic carbocycles. The molecule has 0 heterocycles. The highest BCUT2D eigenvalue weighted by atomic mass is 35.5. The fourth-order valence-electron chi connectivity index (χ4n) is 0.500. The summed E-state index contributed by atoms with van der Waals surface area (Å²) in [6.45, 7) is 4.46. The molecule has 0 bridgehead atoms. The van der Waals surface area contributed by atoms with Gasteiger partial charge in [-0.2, -0.15) is 0 Å². The van der Waals surface area contributed by atoms with E-state index in [1.54, 1.807) is 0 Å². The van der Waals surface area contributed by atoms with Crippen LogP contribution in [0.15, 0.2) is 0 Å². The molecule has 0 unspecified atom stereocenters. The van der Waals surface area contributed by atoms with Crippen LogP contribution in [-0.4, -0.2) is 11.8 Å². The van der Waals surface area contributed by atoms with Crippen molar-refractivity contribution in [2.24, 2.45) is 0 Å². The first-order chi connectivity index (χ1) is 4.83. The fraction of sp³-hybridized carbons (Fsp3) is 1.00. The smallest absolute Gasteiger partial charge is 0.0359 e. The number of halogens is 2. The molecular formula is C8H18Cl2. The number of rotatable bonds is 4. The number of alkyl halides is 2. The first-order valence-electron chi connectivity index (χ1n) is 3.95. The zero-order valence-corrected chi connectivity index (χ0v) is 8.51. The van der Waals surface area contributed by atoms with Gasteiger partial charge in [0, 0.05) is 11.8 Å². The largest absolute Gasteiger partial charge is 0.125 e. The van der Waals surface area contributed by atoms with Crippen molar-refractivity contribution in [2.45, 2.75) is 39.5 Å². The molecule has 64 valence electrons. The topological polar surface area (TPSA) is 0 Å². The summed E-state index contributed by atoms with van der Waals surface area (Å²) in [4.78, 5) is 0. The van der Waals surface area contributed by atoms with Gasteiger partial charge in [-0.25, -0.2) is 0 Å². The Morgan fingerprint density at radius 2 is 1.10 bits per heavy atom. The van der Waals surface area contributed by atoms with Crippen LogP contribution in [0.2, 0.25) is 0 Å². The van der Waals surface area contributed by atoms with Gasteiger partial charge in [-0.15, -0.1) is 23.2 Å². The van der Waals surface area contributed by atoms with Crippen molar-refractivity contribution in [3.05, 3.63) is 0 Å². The molecular weight excluding hydrogens is 167 g/mol. The molecule has 0 nitrogen and oxygen atoms in total. The van der Waals surface area contributed by atoms with E-state index in [-0.39, 0.29) is 0 Å². The van der Waals surface area contributed by atoms with E-state index >= 15 is 0 Å². The van der Waals surface area contributed by atoms with Crippen LogP contribution in [0.4, 0.5) is 0 Å². The minimum absolute atomic E-state index is 0.557. The highest BCUT2D eigenvalue weighted by molar-refractivity contribution is 6.25. The first-order valence-corrected chi connectivity index (χ1v) is 5.02. The van der Waals surface area contributed by atoms with Crippen molar-refractivity contribution in [1.29, 1.82) is 0 Å². The van der Waals surface area contributed by atoms with Crippen molar-refractivity contribution in [1.82, 2.24) is 0 Å². The maximum absolute atomic E-state index is 5.05. The Morgan fingerprint density at radius 1 is 0.800 bits per heavy atom. The minimum atomic E-state index is 0.557. The normalized spacial score (nSPS) is 8.40. The summed E-state index contributed by atoms with van der Waals surface area (Å²) < 4.78 is 0. The van der Waals surface area contributed by atoms with Gasteiger partial charge >= 0.3 is 0 Å².